The van der Waals surface area contributed by atoms with Crippen LogP contribution in [0.3, 0.4) is 0 Å². The van der Waals surface area contributed by atoms with Crippen LogP contribution in [0.1, 0.15) is 36.9 Å². The summed E-state index contributed by atoms with van der Waals surface area (Å²) in [7, 11) is 0. The second kappa shape index (κ2) is 8.54. The first-order valence-electron chi connectivity index (χ1n) is 9.73. The minimum atomic E-state index is -0.628. The highest BCUT2D eigenvalue weighted by Crippen LogP contribution is 2.39. The van der Waals surface area contributed by atoms with Crippen LogP contribution in [0, 0.1) is 0 Å². The summed E-state index contributed by atoms with van der Waals surface area (Å²) in [6.45, 7) is 4.14. The summed E-state index contributed by atoms with van der Waals surface area (Å²) in [5.41, 5.74) is 1.29. The molecule has 154 valence electrons. The van der Waals surface area contributed by atoms with Crippen molar-refractivity contribution in [1.29, 1.82) is 0 Å². The topological polar surface area (TPSA) is 56.8 Å². The van der Waals surface area contributed by atoms with E-state index < -0.39 is 5.41 Å². The van der Waals surface area contributed by atoms with Gasteiger partial charge in [-0.15, -0.1) is 0 Å². The van der Waals surface area contributed by atoms with E-state index in [1.165, 1.54) is 0 Å². The number of halogens is 2. The van der Waals surface area contributed by atoms with Crippen molar-refractivity contribution in [2.45, 2.75) is 31.2 Å². The summed E-state index contributed by atoms with van der Waals surface area (Å²) in [5.74, 6) is 1.42. The van der Waals surface area contributed by atoms with Gasteiger partial charge in [0.1, 0.15) is 13.2 Å². The number of fused-ring (bicyclic) bond motifs is 1. The second-order valence-electron chi connectivity index (χ2n) is 7.41. The third-order valence-corrected chi connectivity index (χ3v) is 6.59. The van der Waals surface area contributed by atoms with Crippen LogP contribution >= 0.6 is 27.5 Å². The van der Waals surface area contributed by atoms with E-state index in [2.05, 4.69) is 21.2 Å². The van der Waals surface area contributed by atoms with Crippen LogP contribution in [0.15, 0.2) is 40.9 Å². The Hall–Kier alpha value is -1.76. The molecule has 1 saturated heterocycles. The standard InChI is InChI=1S/C22H23BrClNO4/c1-14(17-12-19-20(13-18(17)23)29-11-10-28-19)25-21(26)22(6-8-27-9-7-22)15-2-4-16(24)5-3-15/h2-5,12-14H,6-11H2,1H3,(H,25,26). The highest BCUT2D eigenvalue weighted by Gasteiger charge is 2.42. The van der Waals surface area contributed by atoms with E-state index in [4.69, 9.17) is 25.8 Å². The smallest absolute Gasteiger partial charge is 0.231 e. The molecule has 29 heavy (non-hydrogen) atoms. The highest BCUT2D eigenvalue weighted by atomic mass is 79.9. The lowest BCUT2D eigenvalue weighted by Gasteiger charge is -2.37. The molecular formula is C22H23BrClNO4. The van der Waals surface area contributed by atoms with Crippen molar-refractivity contribution in [2.24, 2.45) is 0 Å². The molecule has 5 nitrogen and oxygen atoms in total. The Morgan fingerprint density at radius 2 is 1.69 bits per heavy atom. The van der Waals surface area contributed by atoms with Gasteiger partial charge in [-0.1, -0.05) is 39.7 Å². The fourth-order valence-corrected chi connectivity index (χ4v) is 4.75. The van der Waals surface area contributed by atoms with Crippen molar-refractivity contribution in [1.82, 2.24) is 5.32 Å². The molecule has 1 atom stereocenters. The molecule has 1 fully saturated rings. The van der Waals surface area contributed by atoms with Crippen LogP contribution in [0.2, 0.25) is 5.02 Å². The number of carbonyl (C=O) groups excluding carboxylic acids is 1. The van der Waals surface area contributed by atoms with Crippen LogP contribution in [-0.2, 0) is 14.9 Å². The molecule has 2 aromatic carbocycles. The Morgan fingerprint density at radius 1 is 1.07 bits per heavy atom. The average molecular weight is 481 g/mol. The van der Waals surface area contributed by atoms with E-state index in [-0.39, 0.29) is 11.9 Å². The van der Waals surface area contributed by atoms with Gasteiger partial charge >= 0.3 is 0 Å². The normalized spacial score (nSPS) is 18.7. The average Bonchev–Trinajstić information content (AvgIpc) is 2.74. The van der Waals surface area contributed by atoms with Crippen molar-refractivity contribution in [2.75, 3.05) is 26.4 Å². The number of ether oxygens (including phenoxy) is 3. The third kappa shape index (κ3) is 4.11. The van der Waals surface area contributed by atoms with Crippen molar-refractivity contribution < 1.29 is 19.0 Å². The number of nitrogens with one attached hydrogen (secondary N) is 1. The van der Waals surface area contributed by atoms with Gasteiger partial charge < -0.3 is 19.5 Å². The first kappa shape index (κ1) is 20.5. The molecule has 0 spiro atoms. The van der Waals surface area contributed by atoms with E-state index in [0.717, 1.165) is 15.6 Å². The molecule has 1 unspecified atom stereocenters. The Morgan fingerprint density at radius 3 is 2.34 bits per heavy atom. The van der Waals surface area contributed by atoms with E-state index >= 15 is 0 Å². The molecule has 0 radical (unpaired) electrons. The number of amides is 1. The van der Waals surface area contributed by atoms with Gasteiger partial charge in [-0.05, 0) is 55.2 Å². The molecule has 2 aromatic rings. The largest absolute Gasteiger partial charge is 0.486 e. The van der Waals surface area contributed by atoms with Gasteiger partial charge in [0.15, 0.2) is 11.5 Å². The lowest BCUT2D eigenvalue weighted by molar-refractivity contribution is -0.131. The predicted molar refractivity (Wildman–Crippen MR) is 115 cm³/mol. The zero-order valence-corrected chi connectivity index (χ0v) is 18.5. The number of hydrogen-bond acceptors (Lipinski definition) is 4. The van der Waals surface area contributed by atoms with Crippen LogP contribution in [-0.4, -0.2) is 32.3 Å². The maximum absolute atomic E-state index is 13.5. The molecule has 0 saturated carbocycles. The van der Waals surface area contributed by atoms with Crippen LogP contribution in [0.5, 0.6) is 11.5 Å². The Kier molecular flexibility index (Phi) is 6.04. The second-order valence-corrected chi connectivity index (χ2v) is 8.70. The summed E-state index contributed by atoms with van der Waals surface area (Å²) >= 11 is 9.67. The molecule has 0 aromatic heterocycles. The van der Waals surface area contributed by atoms with Gasteiger partial charge in [-0.2, -0.15) is 0 Å². The van der Waals surface area contributed by atoms with Crippen LogP contribution in [0.25, 0.3) is 0 Å². The molecular weight excluding hydrogens is 458 g/mol. The first-order valence-corrected chi connectivity index (χ1v) is 10.9. The van der Waals surface area contributed by atoms with E-state index in [1.54, 1.807) is 0 Å². The van der Waals surface area contributed by atoms with Crippen molar-refractivity contribution in [3.63, 3.8) is 0 Å². The van der Waals surface area contributed by atoms with Gasteiger partial charge in [0.25, 0.3) is 0 Å². The minimum absolute atomic E-state index is 0.00240. The van der Waals surface area contributed by atoms with E-state index in [1.807, 2.05) is 43.3 Å². The summed E-state index contributed by atoms with van der Waals surface area (Å²) in [4.78, 5) is 13.5. The molecule has 2 heterocycles. The van der Waals surface area contributed by atoms with Crippen LogP contribution in [0.4, 0.5) is 0 Å². The molecule has 1 amide bonds. The Labute approximate surface area is 183 Å². The lowest BCUT2D eigenvalue weighted by atomic mass is 9.73. The molecule has 4 rings (SSSR count). The summed E-state index contributed by atoms with van der Waals surface area (Å²) < 4.78 is 17.8. The SMILES string of the molecule is CC(NC(=O)C1(c2ccc(Cl)cc2)CCOCC1)c1cc2c(cc1Br)OCCO2. The fourth-order valence-electron chi connectivity index (χ4n) is 3.96. The van der Waals surface area contributed by atoms with Gasteiger partial charge in [0, 0.05) is 22.7 Å². The zero-order chi connectivity index (χ0) is 20.4. The van der Waals surface area contributed by atoms with Crippen molar-refractivity contribution in [3.8, 4) is 11.5 Å². The van der Waals surface area contributed by atoms with Crippen molar-refractivity contribution in [3.05, 3.63) is 57.0 Å². The predicted octanol–water partition coefficient (Wildman–Crippen LogP) is 4.80. The molecule has 2 aliphatic rings. The summed E-state index contributed by atoms with van der Waals surface area (Å²) in [6.07, 6.45) is 1.27. The molecule has 1 N–H and O–H groups in total. The van der Waals surface area contributed by atoms with Crippen molar-refractivity contribution >= 4 is 33.4 Å². The quantitative estimate of drug-likeness (QED) is 0.683. The molecule has 0 aliphatic carbocycles. The van der Waals surface area contributed by atoms with E-state index in [0.29, 0.717) is 55.8 Å². The van der Waals surface area contributed by atoms with E-state index in [9.17, 15) is 4.79 Å². The molecule has 0 bridgehead atoms. The Balaban J connectivity index is 1.60. The lowest BCUT2D eigenvalue weighted by Crippen LogP contribution is -2.48. The first-order chi connectivity index (χ1) is 14.0. The fraction of sp³-hybridized carbons (Fsp3) is 0.409. The maximum atomic E-state index is 13.5. The van der Waals surface area contributed by atoms with Crippen LogP contribution < -0.4 is 14.8 Å². The van der Waals surface area contributed by atoms with Gasteiger partial charge in [0.2, 0.25) is 5.91 Å². The third-order valence-electron chi connectivity index (χ3n) is 5.65. The number of benzene rings is 2. The monoisotopic (exact) mass is 479 g/mol. The minimum Gasteiger partial charge on any atom is -0.486 e. The number of carbonyl (C=O) groups is 1. The number of rotatable bonds is 4. The summed E-state index contributed by atoms with van der Waals surface area (Å²) in [5, 5.41) is 3.87. The van der Waals surface area contributed by atoms with Gasteiger partial charge in [-0.3, -0.25) is 4.79 Å². The number of hydrogen-bond donors (Lipinski definition) is 1. The molecule has 7 heteroatoms. The van der Waals surface area contributed by atoms with Gasteiger partial charge in [0.05, 0.1) is 11.5 Å². The Bertz CT molecular complexity index is 896. The highest BCUT2D eigenvalue weighted by molar-refractivity contribution is 9.10. The maximum Gasteiger partial charge on any atom is 0.231 e. The summed E-state index contributed by atoms with van der Waals surface area (Å²) in [6, 6.07) is 11.2. The zero-order valence-electron chi connectivity index (χ0n) is 16.2. The molecule has 2 aliphatic heterocycles. The van der Waals surface area contributed by atoms with Gasteiger partial charge in [-0.25, -0.2) is 0 Å².